The van der Waals surface area contributed by atoms with Crippen LogP contribution in [0.1, 0.15) is 30.9 Å². The van der Waals surface area contributed by atoms with Crippen LogP contribution >= 0.6 is 0 Å². The van der Waals surface area contributed by atoms with Gasteiger partial charge in [-0.25, -0.2) is 36.4 Å². The minimum atomic E-state index is 0. The average Bonchev–Trinajstić information content (AvgIpc) is 3.37. The van der Waals surface area contributed by atoms with Gasteiger partial charge < -0.3 is 30.3 Å². The van der Waals surface area contributed by atoms with Crippen molar-refractivity contribution >= 4 is 0 Å². The summed E-state index contributed by atoms with van der Waals surface area (Å²) in [6, 6.07) is 37.4. The van der Waals surface area contributed by atoms with E-state index in [1.165, 1.54) is 11.1 Å². The van der Waals surface area contributed by atoms with E-state index in [9.17, 15) is 0 Å². The number of hydrogen-bond donors (Lipinski definition) is 0. The second-order valence-electron chi connectivity index (χ2n) is 6.08. The van der Waals surface area contributed by atoms with Gasteiger partial charge in [-0.15, -0.1) is 0 Å². The van der Waals surface area contributed by atoms with E-state index in [-0.39, 0.29) is 34.1 Å². The van der Waals surface area contributed by atoms with Crippen LogP contribution in [-0.2, 0) is 34.1 Å². The monoisotopic (exact) mass is 426 g/mol. The van der Waals surface area contributed by atoms with Crippen molar-refractivity contribution in [3.05, 3.63) is 120 Å². The smallest absolute Gasteiger partial charge is 0 e. The predicted molar refractivity (Wildman–Crippen MR) is 105 cm³/mol. The van der Waals surface area contributed by atoms with Crippen LogP contribution in [-0.4, -0.2) is 0 Å². The average molecular weight is 426 g/mol. The summed E-state index contributed by atoms with van der Waals surface area (Å²) in [5.41, 5.74) is 2.87. The van der Waals surface area contributed by atoms with Crippen molar-refractivity contribution in [3.8, 4) is 0 Å². The third-order valence-electron chi connectivity index (χ3n) is 3.87. The molecular weight excluding hydrogens is 400 g/mol. The molecule has 0 heterocycles. The Bertz CT molecular complexity index is 590. The van der Waals surface area contributed by atoms with Crippen LogP contribution in [0.3, 0.4) is 0 Å². The van der Waals surface area contributed by atoms with Gasteiger partial charge in [-0.1, -0.05) is 25.7 Å². The zero-order valence-corrected chi connectivity index (χ0v) is 17.5. The van der Waals surface area contributed by atoms with Crippen molar-refractivity contribution in [1.82, 2.24) is 0 Å². The zero-order valence-electron chi connectivity index (χ0n) is 15.3. The molecule has 0 N–H and O–H groups in total. The Labute approximate surface area is 179 Å². The summed E-state index contributed by atoms with van der Waals surface area (Å²) in [7, 11) is 0. The molecule has 146 valence electrons. The second-order valence-corrected chi connectivity index (χ2v) is 6.08. The zero-order chi connectivity index (χ0) is 17.0. The fraction of sp³-hybridized carbons (Fsp3) is 0.167. The Morgan fingerprint density at radius 2 is 0.923 bits per heavy atom. The Hall–Kier alpha value is -1.56. The Morgan fingerprint density at radius 3 is 1.15 bits per heavy atom. The van der Waals surface area contributed by atoms with Gasteiger partial charge in [0.2, 0.25) is 0 Å². The molecule has 0 spiro atoms. The normalized spacial score (nSPS) is 9.23. The molecule has 0 nitrogen and oxygen atoms in total. The maximum absolute atomic E-state index is 2.28. The van der Waals surface area contributed by atoms with E-state index in [0.29, 0.717) is 11.8 Å². The van der Waals surface area contributed by atoms with Gasteiger partial charge in [0.05, 0.1) is 0 Å². The maximum Gasteiger partial charge on any atom is 0 e. The summed E-state index contributed by atoms with van der Waals surface area (Å²) >= 11 is 0. The van der Waals surface area contributed by atoms with Crippen molar-refractivity contribution in [2.45, 2.75) is 19.8 Å². The quantitative estimate of drug-likeness (QED) is 0.252. The molecule has 4 aromatic carbocycles. The van der Waals surface area contributed by atoms with E-state index in [4.69, 9.17) is 0 Å². The summed E-state index contributed by atoms with van der Waals surface area (Å²) in [4.78, 5) is 0. The van der Waals surface area contributed by atoms with Crippen LogP contribution in [0, 0.1) is 5.92 Å². The van der Waals surface area contributed by atoms with Crippen LogP contribution in [0.2, 0.25) is 0 Å². The van der Waals surface area contributed by atoms with Crippen molar-refractivity contribution < 1.29 is 34.1 Å². The standard InChI is InChI=1S/C14H16.2C5H5.2Fe/c1-11(2)14(12-7-3-4-8-12)13-9-5-6-10-13;2*1-2-4-5-3-1;;/h3-11,14H,1-2H3;2*1-5H;;/q-2;-5;-1;;. The Balaban J connectivity index is 0.000000432. The first-order valence-electron chi connectivity index (χ1n) is 8.55. The molecule has 4 aromatic rings. The van der Waals surface area contributed by atoms with Gasteiger partial charge >= 0.3 is 0 Å². The first-order valence-corrected chi connectivity index (χ1v) is 8.55. The molecule has 0 aliphatic heterocycles. The van der Waals surface area contributed by atoms with Gasteiger partial charge in [0, 0.05) is 34.1 Å². The van der Waals surface area contributed by atoms with Gasteiger partial charge in [-0.05, 0) is 0 Å². The first kappa shape index (κ1) is 24.4. The Morgan fingerprint density at radius 1 is 0.577 bits per heavy atom. The van der Waals surface area contributed by atoms with Gasteiger partial charge in [-0.2, -0.15) is 53.6 Å². The molecule has 0 saturated carbocycles. The molecule has 0 aromatic heterocycles. The van der Waals surface area contributed by atoms with E-state index < -0.39 is 0 Å². The molecule has 0 amide bonds. The molecule has 0 aliphatic rings. The summed E-state index contributed by atoms with van der Waals surface area (Å²) in [5, 5.41) is 0. The van der Waals surface area contributed by atoms with E-state index in [1.54, 1.807) is 0 Å². The van der Waals surface area contributed by atoms with Crippen molar-refractivity contribution in [2.75, 3.05) is 0 Å². The summed E-state index contributed by atoms with van der Waals surface area (Å²) in [6.07, 6.45) is 0. The van der Waals surface area contributed by atoms with E-state index in [2.05, 4.69) is 62.4 Å². The fourth-order valence-electron chi connectivity index (χ4n) is 2.80. The van der Waals surface area contributed by atoms with E-state index in [0.717, 1.165) is 0 Å². The molecule has 4 rings (SSSR count). The molecule has 0 radical (unpaired) electrons. The molecule has 0 aliphatic carbocycles. The second kappa shape index (κ2) is 14.6. The van der Waals surface area contributed by atoms with Gasteiger partial charge in [0.1, 0.15) is 0 Å². The molecule has 26 heavy (non-hydrogen) atoms. The number of hydrogen-bond acceptors (Lipinski definition) is 0. The fourth-order valence-corrected chi connectivity index (χ4v) is 2.80. The number of rotatable bonds is 3. The van der Waals surface area contributed by atoms with Gasteiger partial charge in [0.15, 0.2) is 0 Å². The van der Waals surface area contributed by atoms with Gasteiger partial charge in [0.25, 0.3) is 0 Å². The van der Waals surface area contributed by atoms with Crippen LogP contribution in [0.5, 0.6) is 0 Å². The van der Waals surface area contributed by atoms with Gasteiger partial charge in [-0.3, -0.25) is 0 Å². The predicted octanol–water partition coefficient (Wildman–Crippen LogP) is 6.72. The van der Waals surface area contributed by atoms with Crippen molar-refractivity contribution in [1.29, 1.82) is 0 Å². The van der Waals surface area contributed by atoms with E-state index in [1.807, 2.05) is 60.7 Å². The molecule has 0 fully saturated rings. The Kier molecular flexibility index (Phi) is 13.7. The summed E-state index contributed by atoms with van der Waals surface area (Å²) < 4.78 is 0. The molecule has 0 unspecified atom stereocenters. The first-order chi connectivity index (χ1) is 11.8. The third-order valence-corrected chi connectivity index (χ3v) is 3.87. The van der Waals surface area contributed by atoms with Crippen molar-refractivity contribution in [2.24, 2.45) is 5.92 Å². The summed E-state index contributed by atoms with van der Waals surface area (Å²) in [5.74, 6) is 1.21. The van der Waals surface area contributed by atoms with Crippen LogP contribution in [0.25, 0.3) is 0 Å². The van der Waals surface area contributed by atoms with Crippen LogP contribution in [0.15, 0.2) is 109 Å². The molecular formula is C24H26Fe2-8. The van der Waals surface area contributed by atoms with Crippen LogP contribution < -0.4 is 0 Å². The van der Waals surface area contributed by atoms with Crippen LogP contribution in [0.4, 0.5) is 0 Å². The maximum atomic E-state index is 2.28. The SMILES string of the molecule is CC(C)C([c-]1cccc1)[c-]1cccc1.[Fe].[Fe].[cH-]1[cH-][cH-][cH-][cH-]1.c1cc[cH-]c1. The van der Waals surface area contributed by atoms with E-state index >= 15 is 0 Å². The third kappa shape index (κ3) is 8.70. The minimum Gasteiger partial charge on any atom is -0.748 e. The topological polar surface area (TPSA) is 0 Å². The molecule has 0 bridgehead atoms. The molecule has 0 atom stereocenters. The summed E-state index contributed by atoms with van der Waals surface area (Å²) in [6.45, 7) is 4.56. The minimum absolute atomic E-state index is 0. The largest absolute Gasteiger partial charge is 0.748 e. The molecule has 0 saturated heterocycles. The molecule has 2 heteroatoms. The van der Waals surface area contributed by atoms with Crippen molar-refractivity contribution in [3.63, 3.8) is 0 Å².